The molecule has 0 atom stereocenters. The van der Waals surface area contributed by atoms with Gasteiger partial charge in [0.05, 0.1) is 21.5 Å². The topological polar surface area (TPSA) is 101 Å². The number of hydrogen-bond acceptors (Lipinski definition) is 7. The molecule has 7 nitrogen and oxygen atoms in total. The molecule has 1 aromatic heterocycles. The lowest BCUT2D eigenvalue weighted by molar-refractivity contribution is -0.118. The molecule has 1 fully saturated rings. The van der Waals surface area contributed by atoms with Crippen molar-refractivity contribution in [3.05, 3.63) is 74.6 Å². The fourth-order valence-corrected chi connectivity index (χ4v) is 7.33. The maximum Gasteiger partial charge on any atom is 0.265 e. The predicted molar refractivity (Wildman–Crippen MR) is 145 cm³/mol. The zero-order valence-corrected chi connectivity index (χ0v) is 22.6. The van der Waals surface area contributed by atoms with Gasteiger partial charge in [0.1, 0.15) is 9.96 Å². The molecule has 0 unspecified atom stereocenters. The monoisotopic (exact) mass is 576 g/mol. The highest BCUT2D eigenvalue weighted by Crippen LogP contribution is 2.34. The summed E-state index contributed by atoms with van der Waals surface area (Å²) in [5.74, 6) is -1.35. The second-order valence-corrected chi connectivity index (χ2v) is 13.6. The summed E-state index contributed by atoms with van der Waals surface area (Å²) in [5, 5.41) is 3.47. The van der Waals surface area contributed by atoms with Crippen molar-refractivity contribution in [2.75, 3.05) is 22.5 Å². The highest BCUT2D eigenvalue weighted by atomic mass is 35.5. The van der Waals surface area contributed by atoms with Crippen LogP contribution in [-0.4, -0.2) is 38.3 Å². The van der Waals surface area contributed by atoms with Gasteiger partial charge in [-0.2, -0.15) is 0 Å². The SMILES string of the molecule is O=C(Cc1ccc(N2C(=O)Cc3cc(NCC4CC4)ccc3C2=O)c(Cl)c1)CS(=O)(=O)c1ccc(Cl)s1. The Morgan fingerprint density at radius 1 is 1.05 bits per heavy atom. The Kier molecular flexibility index (Phi) is 7.15. The third kappa shape index (κ3) is 5.75. The molecular weight excluding hydrogens is 555 g/mol. The maximum atomic E-state index is 13.2. The van der Waals surface area contributed by atoms with E-state index in [1.807, 2.05) is 12.1 Å². The minimum absolute atomic E-state index is 0.0347. The summed E-state index contributed by atoms with van der Waals surface area (Å²) in [6, 6.07) is 12.8. The van der Waals surface area contributed by atoms with Crippen LogP contribution in [-0.2, 0) is 32.3 Å². The van der Waals surface area contributed by atoms with Gasteiger partial charge in [0.15, 0.2) is 15.6 Å². The third-order valence-corrected chi connectivity index (χ3v) is 10.1. The minimum Gasteiger partial charge on any atom is -0.385 e. The average Bonchev–Trinajstić information content (AvgIpc) is 3.55. The molecular formula is C26H22Cl2N2O5S2. The van der Waals surface area contributed by atoms with E-state index in [2.05, 4.69) is 5.32 Å². The molecule has 0 radical (unpaired) electrons. The normalized spacial score (nSPS) is 15.6. The van der Waals surface area contributed by atoms with Crippen LogP contribution >= 0.6 is 34.5 Å². The number of nitrogens with one attached hydrogen (secondary N) is 1. The van der Waals surface area contributed by atoms with E-state index < -0.39 is 33.2 Å². The van der Waals surface area contributed by atoms with E-state index in [9.17, 15) is 22.8 Å². The van der Waals surface area contributed by atoms with Gasteiger partial charge in [0.2, 0.25) is 5.91 Å². The summed E-state index contributed by atoms with van der Waals surface area (Å²) in [6.07, 6.45) is 2.34. The Morgan fingerprint density at radius 3 is 2.51 bits per heavy atom. The van der Waals surface area contributed by atoms with Crippen LogP contribution in [0.1, 0.15) is 34.3 Å². The number of halogens is 2. The summed E-state index contributed by atoms with van der Waals surface area (Å²) in [6.45, 7) is 0.881. The van der Waals surface area contributed by atoms with Crippen LogP contribution < -0.4 is 10.2 Å². The molecule has 3 aromatic rings. The largest absolute Gasteiger partial charge is 0.385 e. The van der Waals surface area contributed by atoms with Gasteiger partial charge in [0.25, 0.3) is 5.91 Å². The molecule has 5 rings (SSSR count). The average molecular weight is 578 g/mol. The molecule has 1 aliphatic carbocycles. The van der Waals surface area contributed by atoms with Crippen LogP contribution in [0.4, 0.5) is 11.4 Å². The molecule has 0 spiro atoms. The van der Waals surface area contributed by atoms with Crippen molar-refractivity contribution in [1.29, 1.82) is 0 Å². The number of anilines is 2. The maximum absolute atomic E-state index is 13.2. The number of imide groups is 1. The Hall–Kier alpha value is -2.72. The molecule has 2 aromatic carbocycles. The van der Waals surface area contributed by atoms with Gasteiger partial charge < -0.3 is 5.32 Å². The van der Waals surface area contributed by atoms with E-state index in [1.165, 1.54) is 37.1 Å². The van der Waals surface area contributed by atoms with Crippen molar-refractivity contribution in [3.63, 3.8) is 0 Å². The van der Waals surface area contributed by atoms with Gasteiger partial charge in [-0.25, -0.2) is 13.3 Å². The number of benzene rings is 2. The van der Waals surface area contributed by atoms with Gasteiger partial charge in [-0.1, -0.05) is 29.3 Å². The van der Waals surface area contributed by atoms with Gasteiger partial charge in [-0.05, 0) is 72.4 Å². The van der Waals surface area contributed by atoms with Gasteiger partial charge in [0, 0.05) is 24.2 Å². The summed E-state index contributed by atoms with van der Waals surface area (Å²) in [7, 11) is -3.80. The van der Waals surface area contributed by atoms with Gasteiger partial charge >= 0.3 is 0 Å². The number of thiophene rings is 1. The fraction of sp³-hybridized carbons (Fsp3) is 0.269. The minimum atomic E-state index is -3.80. The number of carbonyl (C=O) groups is 3. The van der Waals surface area contributed by atoms with E-state index in [-0.39, 0.29) is 27.8 Å². The fourth-order valence-electron chi connectivity index (χ4n) is 4.23. The number of rotatable bonds is 9. The Balaban J connectivity index is 1.29. The quantitative estimate of drug-likeness (QED) is 0.352. The van der Waals surface area contributed by atoms with E-state index in [0.717, 1.165) is 28.5 Å². The van der Waals surface area contributed by atoms with Crippen LogP contribution in [0.2, 0.25) is 9.36 Å². The second kappa shape index (κ2) is 10.2. The van der Waals surface area contributed by atoms with Crippen molar-refractivity contribution >= 4 is 73.3 Å². The highest BCUT2D eigenvalue weighted by Gasteiger charge is 2.34. The zero-order chi connectivity index (χ0) is 26.3. The lowest BCUT2D eigenvalue weighted by Crippen LogP contribution is -2.42. The van der Waals surface area contributed by atoms with Crippen LogP contribution in [0.15, 0.2) is 52.7 Å². The summed E-state index contributed by atoms with van der Waals surface area (Å²) in [5.41, 5.74) is 2.68. The molecule has 1 aliphatic heterocycles. The van der Waals surface area contributed by atoms with E-state index in [1.54, 1.807) is 12.1 Å². The second-order valence-electron chi connectivity index (χ2n) is 9.23. The van der Waals surface area contributed by atoms with Crippen molar-refractivity contribution < 1.29 is 22.8 Å². The number of nitrogens with zero attached hydrogens (tertiary/aromatic N) is 1. The van der Waals surface area contributed by atoms with E-state index in [4.69, 9.17) is 23.2 Å². The summed E-state index contributed by atoms with van der Waals surface area (Å²) >= 11 is 13.1. The first-order chi connectivity index (χ1) is 17.6. The lowest BCUT2D eigenvalue weighted by atomic mass is 9.96. The number of carbonyl (C=O) groups excluding carboxylic acids is 3. The van der Waals surface area contributed by atoms with Crippen LogP contribution in [0.3, 0.4) is 0 Å². The summed E-state index contributed by atoms with van der Waals surface area (Å²) < 4.78 is 25.3. The highest BCUT2D eigenvalue weighted by molar-refractivity contribution is 7.94. The Morgan fingerprint density at radius 2 is 1.84 bits per heavy atom. The molecule has 0 bridgehead atoms. The van der Waals surface area contributed by atoms with E-state index in [0.29, 0.717) is 26.9 Å². The van der Waals surface area contributed by atoms with Crippen molar-refractivity contribution in [2.45, 2.75) is 29.9 Å². The van der Waals surface area contributed by atoms with Crippen molar-refractivity contribution in [3.8, 4) is 0 Å². The number of amides is 2. The van der Waals surface area contributed by atoms with Crippen molar-refractivity contribution in [2.24, 2.45) is 5.92 Å². The molecule has 37 heavy (non-hydrogen) atoms. The Labute approximate surface area is 228 Å². The molecule has 0 saturated heterocycles. The molecule has 1 N–H and O–H groups in total. The first kappa shape index (κ1) is 25.9. The molecule has 2 heterocycles. The number of ketones is 1. The number of hydrogen-bond donors (Lipinski definition) is 1. The third-order valence-electron chi connectivity index (χ3n) is 6.28. The molecule has 2 aliphatic rings. The number of fused-ring (bicyclic) bond motifs is 1. The smallest absolute Gasteiger partial charge is 0.265 e. The van der Waals surface area contributed by atoms with E-state index >= 15 is 0 Å². The first-order valence-electron chi connectivity index (χ1n) is 11.6. The van der Waals surface area contributed by atoms with Crippen LogP contribution in [0.25, 0.3) is 0 Å². The molecule has 192 valence electrons. The van der Waals surface area contributed by atoms with Crippen LogP contribution in [0, 0.1) is 5.92 Å². The first-order valence-corrected chi connectivity index (χ1v) is 14.9. The van der Waals surface area contributed by atoms with Gasteiger partial charge in [-0.3, -0.25) is 14.4 Å². The van der Waals surface area contributed by atoms with Crippen molar-refractivity contribution in [1.82, 2.24) is 0 Å². The molecule has 1 saturated carbocycles. The summed E-state index contributed by atoms with van der Waals surface area (Å²) in [4.78, 5) is 39.7. The Bertz CT molecular complexity index is 1530. The molecule has 2 amide bonds. The predicted octanol–water partition coefficient (Wildman–Crippen LogP) is 5.19. The standard InChI is InChI=1S/C26H22Cl2N2O5S2/c27-21-10-16(9-19(31)14-37(34,35)25-8-7-23(28)36-25)3-6-22(21)30-24(32)12-17-11-18(29-13-15-1-2-15)4-5-20(17)26(30)33/h3-8,10-11,15,29H,1-2,9,12-14H2. The number of sulfone groups is 1. The zero-order valence-electron chi connectivity index (χ0n) is 19.5. The lowest BCUT2D eigenvalue weighted by Gasteiger charge is -2.28. The van der Waals surface area contributed by atoms with Crippen LogP contribution in [0.5, 0.6) is 0 Å². The number of Topliss-reactive ketones (excluding diaryl/α,β-unsaturated/α-hetero) is 1. The van der Waals surface area contributed by atoms with Gasteiger partial charge in [-0.15, -0.1) is 11.3 Å². The molecule has 11 heteroatoms.